The molecule has 2 aromatic carbocycles. The summed E-state index contributed by atoms with van der Waals surface area (Å²) in [4.78, 5) is 40.2. The number of hydrogen-bond donors (Lipinski definition) is 3. The van der Waals surface area contributed by atoms with Gasteiger partial charge in [0.25, 0.3) is 11.5 Å². The molecule has 2 aromatic heterocycles. The molecule has 5 rings (SSSR count). The lowest BCUT2D eigenvalue weighted by molar-refractivity contribution is 0.0768. The summed E-state index contributed by atoms with van der Waals surface area (Å²) in [6.07, 6.45) is 2.06. The number of anilines is 1. The number of benzene rings is 2. The van der Waals surface area contributed by atoms with Gasteiger partial charge in [-0.1, -0.05) is 0 Å². The van der Waals surface area contributed by atoms with Gasteiger partial charge in [0.05, 0.1) is 23.8 Å². The fourth-order valence-electron chi connectivity index (χ4n) is 4.63. The number of aromatic amines is 2. The van der Waals surface area contributed by atoms with E-state index in [0.29, 0.717) is 60.0 Å². The fourth-order valence-corrected chi connectivity index (χ4v) is 4.63. The first-order chi connectivity index (χ1) is 17.8. The summed E-state index contributed by atoms with van der Waals surface area (Å²) < 4.78 is 19.0. The number of nitrogens with zero attached hydrogens (tertiary/aromatic N) is 3. The molecule has 0 unspecified atom stereocenters. The maximum absolute atomic E-state index is 13.7. The zero-order valence-corrected chi connectivity index (χ0v) is 21.0. The predicted molar refractivity (Wildman–Crippen MR) is 141 cm³/mol. The van der Waals surface area contributed by atoms with Gasteiger partial charge in [0.1, 0.15) is 23.0 Å². The van der Waals surface area contributed by atoms with Gasteiger partial charge in [0.2, 0.25) is 0 Å². The van der Waals surface area contributed by atoms with E-state index in [-0.39, 0.29) is 17.3 Å². The lowest BCUT2D eigenvalue weighted by Gasteiger charge is -2.18. The molecule has 9 nitrogen and oxygen atoms in total. The van der Waals surface area contributed by atoms with E-state index in [1.807, 2.05) is 30.0 Å². The van der Waals surface area contributed by atoms with E-state index in [9.17, 15) is 14.0 Å². The second-order valence-corrected chi connectivity index (χ2v) is 9.37. The summed E-state index contributed by atoms with van der Waals surface area (Å²) in [5, 5.41) is 3.27. The topological polar surface area (TPSA) is 106 Å². The van der Waals surface area contributed by atoms with E-state index in [1.165, 1.54) is 12.1 Å². The van der Waals surface area contributed by atoms with E-state index < -0.39 is 0 Å². The first kappa shape index (κ1) is 24.5. The molecule has 0 spiro atoms. The van der Waals surface area contributed by atoms with Crippen molar-refractivity contribution < 1.29 is 13.9 Å². The second kappa shape index (κ2) is 10.1. The van der Waals surface area contributed by atoms with Crippen LogP contribution < -0.4 is 15.6 Å². The average Bonchev–Trinajstić information content (AvgIpc) is 3.41. The summed E-state index contributed by atoms with van der Waals surface area (Å²) >= 11 is 0. The average molecular weight is 505 g/mol. The minimum absolute atomic E-state index is 0.00371. The highest BCUT2D eigenvalue weighted by molar-refractivity contribution is 6.02. The molecule has 10 heteroatoms. The number of imidazole rings is 1. The third-order valence-corrected chi connectivity index (χ3v) is 6.55. The monoisotopic (exact) mass is 504 g/mol. The Balaban J connectivity index is 1.39. The third kappa shape index (κ3) is 4.92. The SMILES string of the molecule is COc1ccc(F)cc1CCNc1cc[nH]c(=O)c1-c1nc2cc3c(cc2[nH]1)CN(CCN(C)C)C3=O. The van der Waals surface area contributed by atoms with Crippen LogP contribution in [0, 0.1) is 5.82 Å². The number of likely N-dealkylation sites (N-methyl/N-ethyl adjacent to an activating group) is 1. The summed E-state index contributed by atoms with van der Waals surface area (Å²) in [6.45, 7) is 2.44. The van der Waals surface area contributed by atoms with Crippen LogP contribution in [0.1, 0.15) is 21.5 Å². The van der Waals surface area contributed by atoms with Crippen LogP contribution in [0.3, 0.4) is 0 Å². The van der Waals surface area contributed by atoms with Crippen molar-refractivity contribution in [3.8, 4) is 17.1 Å². The Labute approximate surface area is 213 Å². The number of nitrogens with one attached hydrogen (secondary N) is 3. The number of H-pyrrole nitrogens is 2. The number of ether oxygens (including phenoxy) is 1. The van der Waals surface area contributed by atoms with Crippen LogP contribution in [0.15, 0.2) is 47.4 Å². The highest BCUT2D eigenvalue weighted by atomic mass is 19.1. The molecule has 192 valence electrons. The van der Waals surface area contributed by atoms with Crippen molar-refractivity contribution in [1.82, 2.24) is 24.8 Å². The highest BCUT2D eigenvalue weighted by Gasteiger charge is 2.28. The normalized spacial score (nSPS) is 13.0. The standard InChI is InChI=1S/C27H29FN6O3/c1-33(2)10-11-34-15-17-13-21-22(14-19(17)27(34)36)32-25(31-21)24-20(7-9-30-26(24)35)29-8-6-16-12-18(28)4-5-23(16)37-3/h4-5,7,9,12-14H,6,8,10-11,15H2,1-3H3,(H,31,32)(H2,29,30,35). The molecule has 0 saturated carbocycles. The Morgan fingerprint density at radius 3 is 2.81 bits per heavy atom. The molecule has 0 atom stereocenters. The molecule has 0 aliphatic carbocycles. The molecule has 37 heavy (non-hydrogen) atoms. The number of carbonyl (C=O) groups is 1. The van der Waals surface area contributed by atoms with Gasteiger partial charge in [-0.25, -0.2) is 9.37 Å². The highest BCUT2D eigenvalue weighted by Crippen LogP contribution is 2.30. The predicted octanol–water partition coefficient (Wildman–Crippen LogP) is 3.24. The van der Waals surface area contributed by atoms with Crippen LogP contribution in [0.4, 0.5) is 10.1 Å². The Morgan fingerprint density at radius 1 is 1.19 bits per heavy atom. The van der Waals surface area contributed by atoms with Gasteiger partial charge in [-0.15, -0.1) is 0 Å². The van der Waals surface area contributed by atoms with E-state index >= 15 is 0 Å². The number of halogens is 1. The molecule has 1 amide bonds. The minimum Gasteiger partial charge on any atom is -0.496 e. The number of pyridine rings is 1. The van der Waals surface area contributed by atoms with Crippen molar-refractivity contribution in [2.75, 3.05) is 46.2 Å². The molecule has 0 saturated heterocycles. The molecular formula is C27H29FN6O3. The van der Waals surface area contributed by atoms with Crippen molar-refractivity contribution in [2.24, 2.45) is 0 Å². The number of carbonyl (C=O) groups excluding carboxylic acids is 1. The second-order valence-electron chi connectivity index (χ2n) is 9.37. The van der Waals surface area contributed by atoms with Crippen molar-refractivity contribution in [1.29, 1.82) is 0 Å². The summed E-state index contributed by atoms with van der Waals surface area (Å²) in [6, 6.07) is 9.90. The molecule has 3 heterocycles. The number of hydrogen-bond acceptors (Lipinski definition) is 6. The molecule has 0 radical (unpaired) electrons. The zero-order valence-electron chi connectivity index (χ0n) is 21.0. The van der Waals surface area contributed by atoms with Gasteiger partial charge in [0, 0.05) is 37.9 Å². The molecule has 4 aromatic rings. The first-order valence-corrected chi connectivity index (χ1v) is 12.1. The van der Waals surface area contributed by atoms with Crippen LogP contribution in [0.2, 0.25) is 0 Å². The first-order valence-electron chi connectivity index (χ1n) is 12.1. The maximum atomic E-state index is 13.7. The lowest BCUT2D eigenvalue weighted by Crippen LogP contribution is -2.31. The van der Waals surface area contributed by atoms with Crippen molar-refractivity contribution in [3.63, 3.8) is 0 Å². The summed E-state index contributed by atoms with van der Waals surface area (Å²) in [5.74, 6) is 0.676. The maximum Gasteiger partial charge on any atom is 0.261 e. The quantitative estimate of drug-likeness (QED) is 0.323. The van der Waals surface area contributed by atoms with Crippen molar-refractivity contribution >= 4 is 22.6 Å². The largest absolute Gasteiger partial charge is 0.496 e. The number of amides is 1. The van der Waals surface area contributed by atoms with Gasteiger partial charge in [0.15, 0.2) is 0 Å². The molecule has 0 fully saturated rings. The smallest absolute Gasteiger partial charge is 0.261 e. The Hall–Kier alpha value is -4.18. The van der Waals surface area contributed by atoms with Gasteiger partial charge < -0.3 is 29.8 Å². The van der Waals surface area contributed by atoms with Crippen LogP contribution >= 0.6 is 0 Å². The van der Waals surface area contributed by atoms with E-state index in [0.717, 1.165) is 23.2 Å². The molecule has 1 aliphatic rings. The number of methoxy groups -OCH3 is 1. The van der Waals surface area contributed by atoms with E-state index in [2.05, 4.69) is 20.3 Å². The van der Waals surface area contributed by atoms with Gasteiger partial charge >= 0.3 is 0 Å². The number of rotatable bonds is 9. The van der Waals surface area contributed by atoms with Crippen molar-refractivity contribution in [3.05, 3.63) is 75.5 Å². The summed E-state index contributed by atoms with van der Waals surface area (Å²) in [5.41, 5.74) is 4.35. The van der Waals surface area contributed by atoms with E-state index in [4.69, 9.17) is 4.74 Å². The molecule has 1 aliphatic heterocycles. The Kier molecular flexibility index (Phi) is 6.66. The van der Waals surface area contributed by atoms with Gasteiger partial charge in [-0.05, 0) is 68.0 Å². The third-order valence-electron chi connectivity index (χ3n) is 6.55. The number of fused-ring (bicyclic) bond motifs is 2. The molecule has 0 bridgehead atoms. The fraction of sp³-hybridized carbons (Fsp3) is 0.296. The van der Waals surface area contributed by atoms with Gasteiger partial charge in [-0.2, -0.15) is 0 Å². The van der Waals surface area contributed by atoms with Crippen molar-refractivity contribution in [2.45, 2.75) is 13.0 Å². The van der Waals surface area contributed by atoms with Crippen LogP contribution in [-0.2, 0) is 13.0 Å². The zero-order chi connectivity index (χ0) is 26.1. The molecular weight excluding hydrogens is 475 g/mol. The molecule has 3 N–H and O–H groups in total. The van der Waals surface area contributed by atoms with Gasteiger partial charge in [-0.3, -0.25) is 9.59 Å². The Morgan fingerprint density at radius 2 is 2.03 bits per heavy atom. The minimum atomic E-state index is -0.332. The number of aromatic nitrogens is 3. The Bertz CT molecular complexity index is 1530. The van der Waals surface area contributed by atoms with Crippen LogP contribution in [0.25, 0.3) is 22.4 Å². The lowest BCUT2D eigenvalue weighted by atomic mass is 10.1. The summed E-state index contributed by atoms with van der Waals surface area (Å²) in [7, 11) is 5.51. The van der Waals surface area contributed by atoms with E-state index in [1.54, 1.807) is 31.5 Å². The van der Waals surface area contributed by atoms with Crippen LogP contribution in [0.5, 0.6) is 5.75 Å². The van der Waals surface area contributed by atoms with Crippen LogP contribution in [-0.4, -0.2) is 71.5 Å².